The Morgan fingerprint density at radius 2 is 2.00 bits per heavy atom. The minimum absolute atomic E-state index is 0.295. The van der Waals surface area contributed by atoms with Gasteiger partial charge in [0.15, 0.2) is 0 Å². The first kappa shape index (κ1) is 11.9. The highest BCUT2D eigenvalue weighted by Gasteiger charge is 2.19. The van der Waals surface area contributed by atoms with Gasteiger partial charge in [-0.15, -0.1) is 0 Å². The number of hydrogen-bond acceptors (Lipinski definition) is 3. The summed E-state index contributed by atoms with van der Waals surface area (Å²) < 4.78 is 0. The number of carboxylic acids is 1. The second kappa shape index (κ2) is 5.53. The molecular weight excluding hydrogens is 172 g/mol. The van der Waals surface area contributed by atoms with Crippen LogP contribution in [0, 0.1) is 0 Å². The molecule has 1 amide bonds. The third-order valence-electron chi connectivity index (χ3n) is 1.85. The fourth-order valence-corrected chi connectivity index (χ4v) is 0.766. The zero-order valence-electron chi connectivity index (χ0n) is 8.13. The Balaban J connectivity index is 4.09. The van der Waals surface area contributed by atoms with Crippen molar-refractivity contribution in [1.82, 2.24) is 10.6 Å². The first-order valence-corrected chi connectivity index (χ1v) is 4.23. The number of rotatable bonds is 5. The topological polar surface area (TPSA) is 78.4 Å². The summed E-state index contributed by atoms with van der Waals surface area (Å²) in [6.07, 6.45) is 0.386. The van der Waals surface area contributed by atoms with E-state index in [2.05, 4.69) is 10.6 Å². The third kappa shape index (κ3) is 3.89. The summed E-state index contributed by atoms with van der Waals surface area (Å²) in [7, 11) is 1.64. The highest BCUT2D eigenvalue weighted by molar-refractivity contribution is 5.86. The van der Waals surface area contributed by atoms with Crippen molar-refractivity contribution in [3.63, 3.8) is 0 Å². The molecule has 0 aromatic heterocycles. The van der Waals surface area contributed by atoms with Gasteiger partial charge in [0, 0.05) is 0 Å². The standard InChI is InChI=1S/C8H16N2O3/c1-4-6(8(12)13)10-7(11)5(2)9-3/h5-6,9H,4H2,1-3H3,(H,10,11)(H,12,13). The third-order valence-corrected chi connectivity index (χ3v) is 1.85. The van der Waals surface area contributed by atoms with E-state index in [-0.39, 0.29) is 11.9 Å². The number of nitrogens with one attached hydrogen (secondary N) is 2. The summed E-state index contributed by atoms with van der Waals surface area (Å²) in [5, 5.41) is 13.8. The number of aliphatic carboxylic acids is 1. The van der Waals surface area contributed by atoms with Crippen LogP contribution >= 0.6 is 0 Å². The monoisotopic (exact) mass is 188 g/mol. The van der Waals surface area contributed by atoms with Gasteiger partial charge in [0.25, 0.3) is 0 Å². The molecule has 0 aromatic rings. The summed E-state index contributed by atoms with van der Waals surface area (Å²) in [4.78, 5) is 21.8. The molecule has 3 N–H and O–H groups in total. The fourth-order valence-electron chi connectivity index (χ4n) is 0.766. The van der Waals surface area contributed by atoms with Crippen molar-refractivity contribution in [3.8, 4) is 0 Å². The molecule has 13 heavy (non-hydrogen) atoms. The zero-order valence-corrected chi connectivity index (χ0v) is 8.13. The predicted molar refractivity (Wildman–Crippen MR) is 48.4 cm³/mol. The van der Waals surface area contributed by atoms with E-state index in [1.54, 1.807) is 20.9 Å². The molecule has 0 saturated heterocycles. The maximum Gasteiger partial charge on any atom is 0.326 e. The van der Waals surface area contributed by atoms with Crippen LogP contribution in [-0.4, -0.2) is 36.1 Å². The van der Waals surface area contributed by atoms with Crippen molar-refractivity contribution in [1.29, 1.82) is 0 Å². The molecule has 0 spiro atoms. The van der Waals surface area contributed by atoms with Crippen LogP contribution in [0.5, 0.6) is 0 Å². The van der Waals surface area contributed by atoms with E-state index in [1.807, 2.05) is 0 Å². The summed E-state index contributed by atoms with van der Waals surface area (Å²) in [6, 6.07) is -1.16. The number of carboxylic acid groups (broad SMARTS) is 1. The number of carbonyl (C=O) groups is 2. The maximum absolute atomic E-state index is 11.2. The normalized spacial score (nSPS) is 14.7. The van der Waals surface area contributed by atoms with Crippen molar-refractivity contribution >= 4 is 11.9 Å². The van der Waals surface area contributed by atoms with E-state index >= 15 is 0 Å². The zero-order chi connectivity index (χ0) is 10.4. The van der Waals surface area contributed by atoms with Crippen LogP contribution < -0.4 is 10.6 Å². The van der Waals surface area contributed by atoms with Crippen LogP contribution in [0.4, 0.5) is 0 Å². The van der Waals surface area contributed by atoms with E-state index in [4.69, 9.17) is 5.11 Å². The first-order chi connectivity index (χ1) is 6.02. The predicted octanol–water partition coefficient (Wildman–Crippen LogP) is -0.426. The molecule has 0 rings (SSSR count). The Kier molecular flexibility index (Phi) is 5.06. The molecule has 0 heterocycles. The molecule has 0 aliphatic rings. The minimum atomic E-state index is -1.00. The maximum atomic E-state index is 11.2. The Hall–Kier alpha value is -1.10. The molecule has 0 bridgehead atoms. The van der Waals surface area contributed by atoms with Crippen molar-refractivity contribution in [2.75, 3.05) is 7.05 Å². The lowest BCUT2D eigenvalue weighted by Crippen LogP contribution is -2.47. The van der Waals surface area contributed by atoms with Crippen molar-refractivity contribution in [2.24, 2.45) is 0 Å². The Bertz CT molecular complexity index is 194. The Morgan fingerprint density at radius 1 is 1.46 bits per heavy atom. The molecule has 2 atom stereocenters. The molecule has 76 valence electrons. The van der Waals surface area contributed by atoms with Crippen LogP contribution in [0.15, 0.2) is 0 Å². The number of hydrogen-bond donors (Lipinski definition) is 3. The molecule has 5 heteroatoms. The SMILES string of the molecule is CCC(NC(=O)C(C)NC)C(=O)O. The largest absolute Gasteiger partial charge is 0.480 e. The quantitative estimate of drug-likeness (QED) is 0.547. The summed E-state index contributed by atoms with van der Waals surface area (Å²) in [5.74, 6) is -1.30. The van der Waals surface area contributed by atoms with E-state index in [0.717, 1.165) is 0 Å². The first-order valence-electron chi connectivity index (χ1n) is 4.23. The van der Waals surface area contributed by atoms with Crippen molar-refractivity contribution in [3.05, 3.63) is 0 Å². The van der Waals surface area contributed by atoms with Gasteiger partial charge in [0.05, 0.1) is 6.04 Å². The van der Waals surface area contributed by atoms with Crippen molar-refractivity contribution < 1.29 is 14.7 Å². The van der Waals surface area contributed by atoms with E-state index in [1.165, 1.54) is 0 Å². The van der Waals surface area contributed by atoms with Gasteiger partial charge in [-0.05, 0) is 20.4 Å². The van der Waals surface area contributed by atoms with Gasteiger partial charge in [-0.3, -0.25) is 4.79 Å². The lowest BCUT2D eigenvalue weighted by Gasteiger charge is -2.15. The van der Waals surface area contributed by atoms with Gasteiger partial charge < -0.3 is 15.7 Å². The number of carbonyl (C=O) groups excluding carboxylic acids is 1. The number of likely N-dealkylation sites (N-methyl/N-ethyl adjacent to an activating group) is 1. The second-order valence-electron chi connectivity index (χ2n) is 2.82. The minimum Gasteiger partial charge on any atom is -0.480 e. The van der Waals surface area contributed by atoms with Gasteiger partial charge >= 0.3 is 5.97 Å². The molecule has 5 nitrogen and oxygen atoms in total. The van der Waals surface area contributed by atoms with Crippen molar-refractivity contribution in [2.45, 2.75) is 32.4 Å². The molecule has 0 saturated carbocycles. The Labute approximate surface area is 77.5 Å². The highest BCUT2D eigenvalue weighted by atomic mass is 16.4. The number of amides is 1. The smallest absolute Gasteiger partial charge is 0.326 e. The van der Waals surface area contributed by atoms with Gasteiger partial charge in [-0.1, -0.05) is 6.92 Å². The van der Waals surface area contributed by atoms with E-state index in [9.17, 15) is 9.59 Å². The molecule has 2 unspecified atom stereocenters. The molecule has 0 aliphatic heterocycles. The van der Waals surface area contributed by atoms with Crippen LogP contribution in [-0.2, 0) is 9.59 Å². The lowest BCUT2D eigenvalue weighted by molar-refractivity contribution is -0.142. The lowest BCUT2D eigenvalue weighted by atomic mass is 10.2. The summed E-state index contributed by atoms with van der Waals surface area (Å²) in [6.45, 7) is 3.38. The molecule has 0 radical (unpaired) electrons. The van der Waals surface area contributed by atoms with E-state index < -0.39 is 12.0 Å². The molecule has 0 fully saturated rings. The van der Waals surface area contributed by atoms with Crippen LogP contribution in [0.25, 0.3) is 0 Å². The molecule has 0 aromatic carbocycles. The average Bonchev–Trinajstić information content (AvgIpc) is 2.11. The molecule has 0 aliphatic carbocycles. The summed E-state index contributed by atoms with van der Waals surface area (Å²) in [5.41, 5.74) is 0. The Morgan fingerprint density at radius 3 is 2.31 bits per heavy atom. The summed E-state index contributed by atoms with van der Waals surface area (Å²) >= 11 is 0. The highest BCUT2D eigenvalue weighted by Crippen LogP contribution is 1.92. The fraction of sp³-hybridized carbons (Fsp3) is 0.750. The van der Waals surface area contributed by atoms with Crippen LogP contribution in [0.2, 0.25) is 0 Å². The van der Waals surface area contributed by atoms with Gasteiger partial charge in [-0.2, -0.15) is 0 Å². The molecular formula is C8H16N2O3. The second-order valence-corrected chi connectivity index (χ2v) is 2.82. The average molecular weight is 188 g/mol. The van der Waals surface area contributed by atoms with Gasteiger partial charge in [-0.25, -0.2) is 4.79 Å². The van der Waals surface area contributed by atoms with Crippen LogP contribution in [0.1, 0.15) is 20.3 Å². The van der Waals surface area contributed by atoms with E-state index in [0.29, 0.717) is 6.42 Å². The van der Waals surface area contributed by atoms with Gasteiger partial charge in [0.1, 0.15) is 6.04 Å². The van der Waals surface area contributed by atoms with Crippen LogP contribution in [0.3, 0.4) is 0 Å². The van der Waals surface area contributed by atoms with Gasteiger partial charge in [0.2, 0.25) is 5.91 Å².